The number of nitrogens with one attached hydrogen (secondary N) is 2. The van der Waals surface area contributed by atoms with E-state index in [9.17, 15) is 4.39 Å². The minimum absolute atomic E-state index is 0.181. The SMILES string of the molecule is CN=C(NCC(C)Oc1ccccc1F)NCC1(CCOC)CCCC1. The normalized spacial score (nSPS) is 17.8. The molecule has 0 aromatic heterocycles. The molecule has 146 valence electrons. The molecule has 1 aromatic carbocycles. The summed E-state index contributed by atoms with van der Waals surface area (Å²) in [5.41, 5.74) is 0.295. The van der Waals surface area contributed by atoms with Crippen molar-refractivity contribution in [3.8, 4) is 5.75 Å². The third kappa shape index (κ3) is 6.16. The van der Waals surface area contributed by atoms with Gasteiger partial charge in [0.25, 0.3) is 0 Å². The van der Waals surface area contributed by atoms with Crippen LogP contribution in [0.1, 0.15) is 39.0 Å². The van der Waals surface area contributed by atoms with Gasteiger partial charge in [-0.15, -0.1) is 0 Å². The third-order valence-corrected chi connectivity index (χ3v) is 5.08. The first-order chi connectivity index (χ1) is 12.6. The number of nitrogens with zero attached hydrogens (tertiary/aromatic N) is 1. The van der Waals surface area contributed by atoms with Crippen LogP contribution < -0.4 is 15.4 Å². The number of halogens is 1. The fourth-order valence-electron chi connectivity index (χ4n) is 3.49. The Kier molecular flexibility index (Phi) is 8.16. The molecule has 1 aliphatic rings. The summed E-state index contributed by atoms with van der Waals surface area (Å²) >= 11 is 0. The van der Waals surface area contributed by atoms with E-state index in [0.717, 1.165) is 25.5 Å². The second-order valence-corrected chi connectivity index (χ2v) is 7.12. The van der Waals surface area contributed by atoms with Crippen LogP contribution in [0.3, 0.4) is 0 Å². The van der Waals surface area contributed by atoms with Crippen LogP contribution in [0.2, 0.25) is 0 Å². The smallest absolute Gasteiger partial charge is 0.191 e. The molecule has 0 spiro atoms. The van der Waals surface area contributed by atoms with Crippen LogP contribution in [0.4, 0.5) is 4.39 Å². The largest absolute Gasteiger partial charge is 0.486 e. The van der Waals surface area contributed by atoms with Crippen LogP contribution in [-0.2, 0) is 4.74 Å². The number of hydrogen-bond donors (Lipinski definition) is 2. The number of guanidine groups is 1. The van der Waals surface area contributed by atoms with E-state index in [1.807, 2.05) is 6.92 Å². The van der Waals surface area contributed by atoms with Gasteiger partial charge in [0.1, 0.15) is 6.10 Å². The Hall–Kier alpha value is -1.82. The van der Waals surface area contributed by atoms with E-state index in [1.165, 1.54) is 31.7 Å². The number of para-hydroxylation sites is 1. The maximum absolute atomic E-state index is 13.7. The van der Waals surface area contributed by atoms with Gasteiger partial charge in [0.2, 0.25) is 0 Å². The average molecular weight is 365 g/mol. The Morgan fingerprint density at radius 1 is 1.27 bits per heavy atom. The summed E-state index contributed by atoms with van der Waals surface area (Å²) in [6.45, 7) is 4.13. The van der Waals surface area contributed by atoms with Crippen LogP contribution >= 0.6 is 0 Å². The monoisotopic (exact) mass is 365 g/mol. The highest BCUT2D eigenvalue weighted by Crippen LogP contribution is 2.40. The predicted molar refractivity (Wildman–Crippen MR) is 103 cm³/mol. The van der Waals surface area contributed by atoms with Gasteiger partial charge in [0.05, 0.1) is 6.54 Å². The number of hydrogen-bond acceptors (Lipinski definition) is 3. The van der Waals surface area contributed by atoms with Crippen LogP contribution in [0.25, 0.3) is 0 Å². The zero-order valence-electron chi connectivity index (χ0n) is 16.2. The molecule has 0 bridgehead atoms. The van der Waals surface area contributed by atoms with E-state index >= 15 is 0 Å². The number of aliphatic imine (C=N–C) groups is 1. The molecule has 6 heteroatoms. The molecule has 1 aromatic rings. The van der Waals surface area contributed by atoms with Crippen molar-refractivity contribution >= 4 is 5.96 Å². The molecule has 0 radical (unpaired) electrons. The molecule has 1 fully saturated rings. The summed E-state index contributed by atoms with van der Waals surface area (Å²) in [6, 6.07) is 6.45. The lowest BCUT2D eigenvalue weighted by Gasteiger charge is -2.30. The lowest BCUT2D eigenvalue weighted by molar-refractivity contribution is 0.138. The zero-order valence-corrected chi connectivity index (χ0v) is 16.2. The third-order valence-electron chi connectivity index (χ3n) is 5.08. The minimum Gasteiger partial charge on any atom is -0.486 e. The Morgan fingerprint density at radius 3 is 2.65 bits per heavy atom. The molecule has 1 saturated carbocycles. The van der Waals surface area contributed by atoms with Gasteiger partial charge in [0, 0.05) is 27.3 Å². The van der Waals surface area contributed by atoms with Gasteiger partial charge in [-0.3, -0.25) is 4.99 Å². The Balaban J connectivity index is 1.79. The molecular formula is C20H32FN3O2. The lowest BCUT2D eigenvalue weighted by atomic mass is 9.83. The summed E-state index contributed by atoms with van der Waals surface area (Å²) in [5, 5.41) is 6.71. The van der Waals surface area contributed by atoms with Gasteiger partial charge < -0.3 is 20.1 Å². The highest BCUT2D eigenvalue weighted by atomic mass is 19.1. The van der Waals surface area contributed by atoms with Crippen LogP contribution in [0, 0.1) is 11.2 Å². The molecule has 0 heterocycles. The van der Waals surface area contributed by atoms with Crippen molar-refractivity contribution in [2.75, 3.05) is 33.9 Å². The average Bonchev–Trinajstić information content (AvgIpc) is 3.11. The summed E-state index contributed by atoms with van der Waals surface area (Å²) in [5.74, 6) is 0.676. The van der Waals surface area contributed by atoms with Crippen LogP contribution in [0.15, 0.2) is 29.3 Å². The van der Waals surface area contributed by atoms with E-state index in [-0.39, 0.29) is 17.7 Å². The maximum atomic E-state index is 13.7. The zero-order chi connectivity index (χ0) is 18.8. The van der Waals surface area contributed by atoms with Crippen LogP contribution in [-0.4, -0.2) is 45.9 Å². The molecule has 2 N–H and O–H groups in total. The van der Waals surface area contributed by atoms with E-state index in [4.69, 9.17) is 9.47 Å². The molecule has 0 saturated heterocycles. The quantitative estimate of drug-likeness (QED) is 0.520. The van der Waals surface area contributed by atoms with E-state index < -0.39 is 0 Å². The topological polar surface area (TPSA) is 54.9 Å². The molecule has 0 aliphatic heterocycles. The number of methoxy groups -OCH3 is 1. The molecule has 5 nitrogen and oxygen atoms in total. The molecule has 26 heavy (non-hydrogen) atoms. The van der Waals surface area contributed by atoms with Crippen molar-refractivity contribution < 1.29 is 13.9 Å². The van der Waals surface area contributed by atoms with Gasteiger partial charge in [-0.05, 0) is 43.7 Å². The van der Waals surface area contributed by atoms with Gasteiger partial charge >= 0.3 is 0 Å². The minimum atomic E-state index is -0.344. The van der Waals surface area contributed by atoms with Crippen molar-refractivity contribution in [2.24, 2.45) is 10.4 Å². The molecule has 2 rings (SSSR count). The summed E-state index contributed by atoms with van der Waals surface area (Å²) < 4.78 is 24.6. The molecular weight excluding hydrogens is 333 g/mol. The molecule has 1 atom stereocenters. The first kappa shape index (κ1) is 20.5. The standard InChI is InChI=1S/C20H32FN3O2/c1-16(26-18-9-5-4-8-17(18)21)14-23-19(22-2)24-15-20(12-13-25-3)10-6-7-11-20/h4-5,8-9,16H,6-7,10-15H2,1-3H3,(H2,22,23,24). The lowest BCUT2D eigenvalue weighted by Crippen LogP contribution is -2.45. The van der Waals surface area contributed by atoms with Crippen molar-refractivity contribution in [1.29, 1.82) is 0 Å². The van der Waals surface area contributed by atoms with Crippen LogP contribution in [0.5, 0.6) is 5.75 Å². The summed E-state index contributed by atoms with van der Waals surface area (Å²) in [4.78, 5) is 4.29. The van der Waals surface area contributed by atoms with Gasteiger partial charge in [-0.1, -0.05) is 25.0 Å². The van der Waals surface area contributed by atoms with E-state index in [0.29, 0.717) is 12.0 Å². The van der Waals surface area contributed by atoms with Crippen molar-refractivity contribution in [1.82, 2.24) is 10.6 Å². The Labute approximate surface area is 156 Å². The maximum Gasteiger partial charge on any atom is 0.191 e. The van der Waals surface area contributed by atoms with E-state index in [2.05, 4.69) is 15.6 Å². The second-order valence-electron chi connectivity index (χ2n) is 7.12. The van der Waals surface area contributed by atoms with Gasteiger partial charge in [0.15, 0.2) is 17.5 Å². The van der Waals surface area contributed by atoms with Gasteiger partial charge in [-0.2, -0.15) is 0 Å². The highest BCUT2D eigenvalue weighted by Gasteiger charge is 2.33. The fraction of sp³-hybridized carbons (Fsp3) is 0.650. The highest BCUT2D eigenvalue weighted by molar-refractivity contribution is 5.79. The fourth-order valence-corrected chi connectivity index (χ4v) is 3.49. The summed E-state index contributed by atoms with van der Waals surface area (Å²) in [6.07, 6.45) is 5.91. The Bertz CT molecular complexity index is 574. The van der Waals surface area contributed by atoms with Crippen molar-refractivity contribution in [2.45, 2.75) is 45.1 Å². The predicted octanol–water partition coefficient (Wildman–Crippen LogP) is 3.35. The number of benzene rings is 1. The number of rotatable bonds is 9. The van der Waals surface area contributed by atoms with Gasteiger partial charge in [-0.25, -0.2) is 4.39 Å². The second kappa shape index (κ2) is 10.4. The van der Waals surface area contributed by atoms with Crippen molar-refractivity contribution in [3.63, 3.8) is 0 Å². The van der Waals surface area contributed by atoms with Crippen molar-refractivity contribution in [3.05, 3.63) is 30.1 Å². The Morgan fingerprint density at radius 2 is 2.00 bits per heavy atom. The molecule has 1 unspecified atom stereocenters. The first-order valence-electron chi connectivity index (χ1n) is 9.43. The summed E-state index contributed by atoms with van der Waals surface area (Å²) in [7, 11) is 3.52. The molecule has 1 aliphatic carbocycles. The molecule has 0 amide bonds. The number of ether oxygens (including phenoxy) is 2. The first-order valence-corrected chi connectivity index (χ1v) is 9.43. The van der Waals surface area contributed by atoms with E-state index in [1.54, 1.807) is 32.4 Å².